The van der Waals surface area contributed by atoms with Gasteiger partial charge in [0.05, 0.1) is 6.61 Å². The van der Waals surface area contributed by atoms with Crippen molar-refractivity contribution in [3.8, 4) is 5.75 Å². The number of rotatable bonds is 6. The highest BCUT2D eigenvalue weighted by Gasteiger charge is 2.00. The van der Waals surface area contributed by atoms with Crippen molar-refractivity contribution in [2.45, 2.75) is 39.7 Å². The maximum absolute atomic E-state index is 5.39. The summed E-state index contributed by atoms with van der Waals surface area (Å²) >= 11 is 0. The molecule has 2 nitrogen and oxygen atoms in total. The molecule has 0 unspecified atom stereocenters. The Hall–Kier alpha value is -1.18. The maximum atomic E-state index is 5.39. The monoisotopic (exact) mass is 207 g/mol. The van der Waals surface area contributed by atoms with E-state index in [1.54, 1.807) is 0 Å². The van der Waals surface area contributed by atoms with Crippen LogP contribution >= 0.6 is 0 Å². The van der Waals surface area contributed by atoms with E-state index in [1.807, 2.05) is 19.1 Å². The summed E-state index contributed by atoms with van der Waals surface area (Å²) in [7, 11) is 0. The Morgan fingerprint density at radius 3 is 2.40 bits per heavy atom. The minimum Gasteiger partial charge on any atom is -0.494 e. The largest absolute Gasteiger partial charge is 0.494 e. The highest BCUT2D eigenvalue weighted by atomic mass is 16.5. The second kappa shape index (κ2) is 6.33. The lowest BCUT2D eigenvalue weighted by Gasteiger charge is -2.14. The molecule has 0 aliphatic carbocycles. The van der Waals surface area contributed by atoms with Crippen LogP contribution < -0.4 is 10.1 Å². The second-order valence-electron chi connectivity index (χ2n) is 3.79. The lowest BCUT2D eigenvalue weighted by molar-refractivity contribution is 0.340. The molecule has 0 fully saturated rings. The van der Waals surface area contributed by atoms with Crippen molar-refractivity contribution >= 4 is 5.69 Å². The van der Waals surface area contributed by atoms with Gasteiger partial charge in [0.2, 0.25) is 0 Å². The van der Waals surface area contributed by atoms with Gasteiger partial charge in [-0.1, -0.05) is 13.3 Å². The first-order chi connectivity index (χ1) is 7.26. The van der Waals surface area contributed by atoms with Crippen LogP contribution in [0.1, 0.15) is 33.6 Å². The summed E-state index contributed by atoms with van der Waals surface area (Å²) in [4.78, 5) is 0. The fourth-order valence-corrected chi connectivity index (χ4v) is 1.60. The van der Waals surface area contributed by atoms with Crippen molar-refractivity contribution in [1.82, 2.24) is 0 Å². The van der Waals surface area contributed by atoms with E-state index >= 15 is 0 Å². The Kier molecular flexibility index (Phi) is 5.02. The Balaban J connectivity index is 2.48. The third-order valence-electron chi connectivity index (χ3n) is 2.30. The van der Waals surface area contributed by atoms with Crippen LogP contribution in [0.3, 0.4) is 0 Å². The van der Waals surface area contributed by atoms with Crippen LogP contribution in [-0.2, 0) is 0 Å². The summed E-state index contributed by atoms with van der Waals surface area (Å²) in [5, 5.41) is 3.46. The van der Waals surface area contributed by atoms with Crippen LogP contribution in [0.2, 0.25) is 0 Å². The van der Waals surface area contributed by atoms with Gasteiger partial charge in [-0.25, -0.2) is 0 Å². The van der Waals surface area contributed by atoms with Crippen molar-refractivity contribution < 1.29 is 4.74 Å². The molecule has 0 spiro atoms. The van der Waals surface area contributed by atoms with E-state index < -0.39 is 0 Å². The smallest absolute Gasteiger partial charge is 0.119 e. The van der Waals surface area contributed by atoms with Crippen molar-refractivity contribution in [3.63, 3.8) is 0 Å². The minimum atomic E-state index is 0.535. The number of hydrogen-bond acceptors (Lipinski definition) is 2. The van der Waals surface area contributed by atoms with E-state index in [0.29, 0.717) is 6.04 Å². The quantitative estimate of drug-likeness (QED) is 0.768. The molecule has 0 heterocycles. The lowest BCUT2D eigenvalue weighted by atomic mass is 10.2. The topological polar surface area (TPSA) is 21.3 Å². The third kappa shape index (κ3) is 4.24. The fraction of sp³-hybridized carbons (Fsp3) is 0.538. The van der Waals surface area contributed by atoms with Crippen LogP contribution in [0.4, 0.5) is 5.69 Å². The predicted octanol–water partition coefficient (Wildman–Crippen LogP) is 3.69. The van der Waals surface area contributed by atoms with Crippen molar-refractivity contribution in [3.05, 3.63) is 24.3 Å². The lowest BCUT2D eigenvalue weighted by Crippen LogP contribution is -2.14. The molecular formula is C13H21NO. The summed E-state index contributed by atoms with van der Waals surface area (Å²) in [6.07, 6.45) is 2.42. The van der Waals surface area contributed by atoms with E-state index in [2.05, 4.69) is 31.3 Å². The zero-order valence-corrected chi connectivity index (χ0v) is 9.92. The van der Waals surface area contributed by atoms with Gasteiger partial charge < -0.3 is 10.1 Å². The Morgan fingerprint density at radius 1 is 1.20 bits per heavy atom. The van der Waals surface area contributed by atoms with E-state index in [4.69, 9.17) is 4.74 Å². The molecule has 2 heteroatoms. The first-order valence-electron chi connectivity index (χ1n) is 5.75. The van der Waals surface area contributed by atoms with Crippen LogP contribution in [0.5, 0.6) is 5.75 Å². The molecule has 1 rings (SSSR count). The molecule has 0 bridgehead atoms. The van der Waals surface area contributed by atoms with Crippen LogP contribution in [0.15, 0.2) is 24.3 Å². The molecule has 0 aliphatic heterocycles. The van der Waals surface area contributed by atoms with Gasteiger partial charge in [0.25, 0.3) is 0 Å². The van der Waals surface area contributed by atoms with E-state index in [1.165, 1.54) is 18.5 Å². The van der Waals surface area contributed by atoms with Crippen LogP contribution in [0, 0.1) is 0 Å². The first-order valence-corrected chi connectivity index (χ1v) is 5.75. The molecule has 84 valence electrons. The van der Waals surface area contributed by atoms with Gasteiger partial charge in [0, 0.05) is 11.7 Å². The van der Waals surface area contributed by atoms with Crippen molar-refractivity contribution in [1.29, 1.82) is 0 Å². The van der Waals surface area contributed by atoms with Crippen LogP contribution in [0.25, 0.3) is 0 Å². The zero-order chi connectivity index (χ0) is 11.1. The Labute approximate surface area is 92.6 Å². The van der Waals surface area contributed by atoms with Gasteiger partial charge in [-0.3, -0.25) is 0 Å². The minimum absolute atomic E-state index is 0.535. The third-order valence-corrected chi connectivity index (χ3v) is 2.30. The van der Waals surface area contributed by atoms with Crippen molar-refractivity contribution in [2.75, 3.05) is 11.9 Å². The molecule has 1 atom stereocenters. The molecule has 0 saturated heterocycles. The van der Waals surface area contributed by atoms with Gasteiger partial charge in [0.1, 0.15) is 5.75 Å². The van der Waals surface area contributed by atoms with Gasteiger partial charge in [-0.2, -0.15) is 0 Å². The van der Waals surface area contributed by atoms with E-state index in [-0.39, 0.29) is 0 Å². The number of ether oxygens (including phenoxy) is 1. The number of anilines is 1. The first kappa shape index (κ1) is 11.9. The normalized spacial score (nSPS) is 12.2. The molecule has 1 N–H and O–H groups in total. The van der Waals surface area contributed by atoms with E-state index in [9.17, 15) is 0 Å². The number of hydrogen-bond donors (Lipinski definition) is 1. The standard InChI is InChI=1S/C13H21NO/c1-4-6-11(3)14-12-7-9-13(10-8-12)15-5-2/h7-11,14H,4-6H2,1-3H3/t11-/m0/s1. The van der Waals surface area contributed by atoms with Crippen molar-refractivity contribution in [2.24, 2.45) is 0 Å². The number of nitrogens with one attached hydrogen (secondary N) is 1. The molecule has 1 aromatic carbocycles. The van der Waals surface area contributed by atoms with Gasteiger partial charge >= 0.3 is 0 Å². The fourth-order valence-electron chi connectivity index (χ4n) is 1.60. The SMILES string of the molecule is CCC[C@H](C)Nc1ccc(OCC)cc1. The summed E-state index contributed by atoms with van der Waals surface area (Å²) < 4.78 is 5.39. The molecule has 0 aromatic heterocycles. The predicted molar refractivity (Wildman–Crippen MR) is 65.6 cm³/mol. The van der Waals surface area contributed by atoms with Crippen LogP contribution in [-0.4, -0.2) is 12.6 Å². The number of benzene rings is 1. The molecule has 0 amide bonds. The highest BCUT2D eigenvalue weighted by molar-refractivity contribution is 5.46. The summed E-state index contributed by atoms with van der Waals surface area (Å²) in [6.45, 7) is 7.13. The molecule has 1 aromatic rings. The summed E-state index contributed by atoms with van der Waals surface area (Å²) in [5.41, 5.74) is 1.17. The van der Waals surface area contributed by atoms with E-state index in [0.717, 1.165) is 12.4 Å². The molecule has 15 heavy (non-hydrogen) atoms. The summed E-state index contributed by atoms with van der Waals surface area (Å²) in [6, 6.07) is 8.68. The van der Waals surface area contributed by atoms with Gasteiger partial charge in [-0.15, -0.1) is 0 Å². The average Bonchev–Trinajstić information content (AvgIpc) is 2.22. The molecule has 0 aliphatic rings. The average molecular weight is 207 g/mol. The molecule has 0 radical (unpaired) electrons. The second-order valence-corrected chi connectivity index (χ2v) is 3.79. The zero-order valence-electron chi connectivity index (χ0n) is 9.92. The Morgan fingerprint density at radius 2 is 1.87 bits per heavy atom. The molecule has 0 saturated carbocycles. The Bertz CT molecular complexity index is 268. The molecular weight excluding hydrogens is 186 g/mol. The maximum Gasteiger partial charge on any atom is 0.119 e. The highest BCUT2D eigenvalue weighted by Crippen LogP contribution is 2.16. The van der Waals surface area contributed by atoms with Gasteiger partial charge in [0.15, 0.2) is 0 Å². The summed E-state index contributed by atoms with van der Waals surface area (Å²) in [5.74, 6) is 0.936. The van der Waals surface area contributed by atoms with Gasteiger partial charge in [-0.05, 0) is 44.5 Å².